The van der Waals surface area contributed by atoms with Crippen LogP contribution in [-0.4, -0.2) is 35.2 Å². The monoisotopic (exact) mass is 474 g/mol. The number of amides is 1. The molecule has 0 saturated heterocycles. The molecule has 2 aromatic carbocycles. The number of rotatable bonds is 8. The van der Waals surface area contributed by atoms with Crippen molar-refractivity contribution >= 4 is 44.3 Å². The molecule has 0 bridgehead atoms. The fourth-order valence-electron chi connectivity index (χ4n) is 3.07. The van der Waals surface area contributed by atoms with Gasteiger partial charge >= 0.3 is 0 Å². The normalized spacial score (nSPS) is 12.8. The second-order valence-electron chi connectivity index (χ2n) is 7.51. The van der Waals surface area contributed by atoms with Crippen LogP contribution in [0.4, 0.5) is 5.69 Å². The van der Waals surface area contributed by atoms with Crippen LogP contribution < -0.4 is 15.6 Å². The fraction of sp³-hybridized carbons (Fsp3) is 0.318. The van der Waals surface area contributed by atoms with E-state index in [0.717, 1.165) is 0 Å². The first-order chi connectivity index (χ1) is 15.1. The quantitative estimate of drug-likeness (QED) is 0.383. The van der Waals surface area contributed by atoms with Gasteiger partial charge in [-0.15, -0.1) is 0 Å². The molecule has 0 aliphatic heterocycles. The minimum atomic E-state index is -3.60. The summed E-state index contributed by atoms with van der Waals surface area (Å²) < 4.78 is 28.5. The van der Waals surface area contributed by atoms with Gasteiger partial charge in [0.1, 0.15) is 0 Å². The van der Waals surface area contributed by atoms with Crippen LogP contribution in [0.1, 0.15) is 27.7 Å². The van der Waals surface area contributed by atoms with Gasteiger partial charge < -0.3 is 5.32 Å². The maximum atomic E-state index is 12.8. The molecule has 0 spiro atoms. The second-order valence-corrected chi connectivity index (χ2v) is 10.5. The Morgan fingerprint density at radius 2 is 1.75 bits per heavy atom. The summed E-state index contributed by atoms with van der Waals surface area (Å²) in [6.07, 6.45) is 0. The van der Waals surface area contributed by atoms with Crippen molar-refractivity contribution < 1.29 is 13.2 Å². The van der Waals surface area contributed by atoms with Crippen LogP contribution in [0.3, 0.4) is 0 Å². The highest BCUT2D eigenvalue weighted by atomic mass is 32.2. The summed E-state index contributed by atoms with van der Waals surface area (Å²) >= 11 is 1.20. The van der Waals surface area contributed by atoms with Crippen molar-refractivity contribution in [3.05, 3.63) is 58.9 Å². The highest BCUT2D eigenvalue weighted by Gasteiger charge is 2.20. The van der Waals surface area contributed by atoms with E-state index >= 15 is 0 Å². The fourth-order valence-corrected chi connectivity index (χ4v) is 5.29. The Hall–Kier alpha value is -2.69. The molecule has 1 aromatic heterocycles. The molecule has 0 aliphatic rings. The van der Waals surface area contributed by atoms with Crippen molar-refractivity contribution in [1.29, 1.82) is 0 Å². The van der Waals surface area contributed by atoms with Crippen LogP contribution in [0.25, 0.3) is 10.9 Å². The van der Waals surface area contributed by atoms with Gasteiger partial charge in [-0.25, -0.2) is 18.1 Å². The average Bonchev–Trinajstić information content (AvgIpc) is 2.73. The number of para-hydroxylation sites is 1. The van der Waals surface area contributed by atoms with Crippen LogP contribution in [0.15, 0.2) is 63.4 Å². The zero-order valence-electron chi connectivity index (χ0n) is 18.3. The number of hydrogen-bond donors (Lipinski definition) is 2. The number of hydrogen-bond acceptors (Lipinski definition) is 6. The molecule has 0 fully saturated rings. The number of carbonyl (C=O) groups excluding carboxylic acids is 1. The summed E-state index contributed by atoms with van der Waals surface area (Å²) in [5, 5.41) is 3.26. The van der Waals surface area contributed by atoms with Gasteiger partial charge in [0.2, 0.25) is 15.9 Å². The van der Waals surface area contributed by atoms with Gasteiger partial charge in [0.05, 0.1) is 21.0 Å². The minimum Gasteiger partial charge on any atom is -0.325 e. The number of nitrogens with zero attached hydrogens (tertiary/aromatic N) is 2. The minimum absolute atomic E-state index is 0.124. The van der Waals surface area contributed by atoms with Crippen LogP contribution >= 0.6 is 11.8 Å². The van der Waals surface area contributed by atoms with Crippen LogP contribution in [-0.2, 0) is 21.4 Å². The SMILES string of the molecule is CCn1c(SC(C)C(=O)Nc2ccc(S(=O)(=O)NC(C)C)cc2)nc2ccccc2c1=O. The predicted octanol–water partition coefficient (Wildman–Crippen LogP) is 3.22. The molecule has 170 valence electrons. The molecule has 0 radical (unpaired) electrons. The van der Waals surface area contributed by atoms with Gasteiger partial charge in [-0.2, -0.15) is 0 Å². The van der Waals surface area contributed by atoms with Crippen molar-refractivity contribution in [1.82, 2.24) is 14.3 Å². The Kier molecular flexibility index (Phi) is 7.37. The van der Waals surface area contributed by atoms with Crippen molar-refractivity contribution in [2.24, 2.45) is 0 Å². The van der Waals surface area contributed by atoms with Gasteiger partial charge in [0, 0.05) is 18.3 Å². The first-order valence-corrected chi connectivity index (χ1v) is 12.6. The van der Waals surface area contributed by atoms with E-state index in [1.54, 1.807) is 55.7 Å². The van der Waals surface area contributed by atoms with E-state index in [1.165, 1.54) is 23.9 Å². The number of thioether (sulfide) groups is 1. The molecule has 8 nitrogen and oxygen atoms in total. The van der Waals surface area contributed by atoms with Gasteiger partial charge in [-0.05, 0) is 64.1 Å². The lowest BCUT2D eigenvalue weighted by Gasteiger charge is -2.15. The maximum absolute atomic E-state index is 12.8. The van der Waals surface area contributed by atoms with E-state index in [9.17, 15) is 18.0 Å². The number of sulfonamides is 1. The first-order valence-electron chi connectivity index (χ1n) is 10.2. The molecule has 1 amide bonds. The largest absolute Gasteiger partial charge is 0.325 e. The number of benzene rings is 2. The Morgan fingerprint density at radius 1 is 1.09 bits per heavy atom. The number of nitrogens with one attached hydrogen (secondary N) is 2. The molecule has 3 aromatic rings. The maximum Gasteiger partial charge on any atom is 0.262 e. The lowest BCUT2D eigenvalue weighted by Crippen LogP contribution is -2.30. The predicted molar refractivity (Wildman–Crippen MR) is 128 cm³/mol. The van der Waals surface area contributed by atoms with E-state index in [0.29, 0.717) is 28.3 Å². The third-order valence-corrected chi connectivity index (χ3v) is 7.38. The molecule has 1 heterocycles. The zero-order valence-corrected chi connectivity index (χ0v) is 20.0. The van der Waals surface area contributed by atoms with Crippen molar-refractivity contribution in [2.75, 3.05) is 5.32 Å². The molecule has 1 atom stereocenters. The topological polar surface area (TPSA) is 110 Å². The number of fused-ring (bicyclic) bond motifs is 1. The molecule has 2 N–H and O–H groups in total. The first kappa shape index (κ1) is 24.0. The number of aromatic nitrogens is 2. The molecular weight excluding hydrogens is 448 g/mol. The summed E-state index contributed by atoms with van der Waals surface area (Å²) in [4.78, 5) is 30.2. The Bertz CT molecular complexity index is 1290. The van der Waals surface area contributed by atoms with Gasteiger partial charge in [-0.3, -0.25) is 14.2 Å². The van der Waals surface area contributed by atoms with E-state index in [-0.39, 0.29) is 22.4 Å². The van der Waals surface area contributed by atoms with E-state index < -0.39 is 15.3 Å². The van der Waals surface area contributed by atoms with Crippen LogP contribution in [0.2, 0.25) is 0 Å². The summed E-state index contributed by atoms with van der Waals surface area (Å²) in [7, 11) is -3.60. The molecular formula is C22H26N4O4S2. The summed E-state index contributed by atoms with van der Waals surface area (Å²) in [6, 6.07) is 12.9. The Labute approximate surface area is 191 Å². The van der Waals surface area contributed by atoms with Crippen molar-refractivity contribution in [3.63, 3.8) is 0 Å². The van der Waals surface area contributed by atoms with E-state index in [2.05, 4.69) is 15.0 Å². The molecule has 10 heteroatoms. The summed E-state index contributed by atoms with van der Waals surface area (Å²) in [5.41, 5.74) is 0.925. The van der Waals surface area contributed by atoms with Crippen LogP contribution in [0.5, 0.6) is 0 Å². The summed E-state index contributed by atoms with van der Waals surface area (Å²) in [6.45, 7) is 7.51. The molecule has 32 heavy (non-hydrogen) atoms. The summed E-state index contributed by atoms with van der Waals surface area (Å²) in [5.74, 6) is -0.282. The Balaban J connectivity index is 1.75. The van der Waals surface area contributed by atoms with Gasteiger partial charge in [-0.1, -0.05) is 23.9 Å². The molecule has 3 rings (SSSR count). The third-order valence-electron chi connectivity index (χ3n) is 4.62. The third kappa shape index (κ3) is 5.37. The number of anilines is 1. The average molecular weight is 475 g/mol. The second kappa shape index (κ2) is 9.85. The Morgan fingerprint density at radius 3 is 2.38 bits per heavy atom. The standard InChI is InChI=1S/C22H26N4O4S2/c1-5-26-21(28)18-8-6-7-9-19(18)24-22(26)31-15(4)20(27)23-16-10-12-17(13-11-16)32(29,30)25-14(2)3/h6-15,25H,5H2,1-4H3,(H,23,27). The smallest absolute Gasteiger partial charge is 0.262 e. The lowest BCUT2D eigenvalue weighted by molar-refractivity contribution is -0.115. The van der Waals surface area contributed by atoms with Crippen LogP contribution in [0, 0.1) is 0 Å². The van der Waals surface area contributed by atoms with Crippen molar-refractivity contribution in [3.8, 4) is 0 Å². The number of carbonyl (C=O) groups is 1. The highest BCUT2D eigenvalue weighted by Crippen LogP contribution is 2.24. The van der Waals surface area contributed by atoms with E-state index in [4.69, 9.17) is 0 Å². The zero-order chi connectivity index (χ0) is 23.5. The molecule has 0 saturated carbocycles. The lowest BCUT2D eigenvalue weighted by atomic mass is 10.2. The molecule has 0 aliphatic carbocycles. The van der Waals surface area contributed by atoms with Gasteiger partial charge in [0.15, 0.2) is 5.16 Å². The van der Waals surface area contributed by atoms with Crippen molar-refractivity contribution in [2.45, 2.75) is 55.6 Å². The van der Waals surface area contributed by atoms with E-state index in [1.807, 2.05) is 13.0 Å². The van der Waals surface area contributed by atoms with Gasteiger partial charge in [0.25, 0.3) is 5.56 Å². The molecule has 1 unspecified atom stereocenters. The highest BCUT2D eigenvalue weighted by molar-refractivity contribution is 8.00.